The van der Waals surface area contributed by atoms with Gasteiger partial charge in [0.25, 0.3) is 0 Å². The molecule has 4 rings (SSSR count). The van der Waals surface area contributed by atoms with Gasteiger partial charge in [0.05, 0.1) is 11.0 Å². The van der Waals surface area contributed by atoms with E-state index < -0.39 is 6.67 Å². The van der Waals surface area contributed by atoms with Crippen molar-refractivity contribution in [1.29, 1.82) is 0 Å². The zero-order chi connectivity index (χ0) is 21.8. The molecular formula is C25H33FN4O. The lowest BCUT2D eigenvalue weighted by Gasteiger charge is -2.36. The van der Waals surface area contributed by atoms with Gasteiger partial charge in [0.1, 0.15) is 6.67 Å². The van der Waals surface area contributed by atoms with Crippen molar-refractivity contribution < 1.29 is 4.39 Å². The summed E-state index contributed by atoms with van der Waals surface area (Å²) >= 11 is 0. The summed E-state index contributed by atoms with van der Waals surface area (Å²) in [5, 5.41) is 0. The van der Waals surface area contributed by atoms with Gasteiger partial charge in [0, 0.05) is 44.5 Å². The minimum Gasteiger partial charge on any atom is -0.369 e. The maximum absolute atomic E-state index is 12.9. The quantitative estimate of drug-likeness (QED) is 0.501. The zero-order valence-electron chi connectivity index (χ0n) is 18.6. The molecule has 3 aromatic rings. The average Bonchev–Trinajstić information content (AvgIpc) is 3.08. The van der Waals surface area contributed by atoms with Crippen molar-refractivity contribution in [3.05, 3.63) is 64.6 Å². The Labute approximate surface area is 183 Å². The maximum atomic E-state index is 12.9. The van der Waals surface area contributed by atoms with Crippen LogP contribution in [0.2, 0.25) is 0 Å². The number of anilines is 1. The molecule has 0 aliphatic carbocycles. The highest BCUT2D eigenvalue weighted by Gasteiger charge is 2.18. The highest BCUT2D eigenvalue weighted by molar-refractivity contribution is 5.76. The second-order valence-corrected chi connectivity index (χ2v) is 8.73. The van der Waals surface area contributed by atoms with Crippen LogP contribution in [0.5, 0.6) is 0 Å². The van der Waals surface area contributed by atoms with Gasteiger partial charge >= 0.3 is 5.69 Å². The van der Waals surface area contributed by atoms with Crippen molar-refractivity contribution in [1.82, 2.24) is 14.0 Å². The predicted molar refractivity (Wildman–Crippen MR) is 126 cm³/mol. The number of nitrogens with zero attached hydrogens (tertiary/aromatic N) is 4. The molecule has 31 heavy (non-hydrogen) atoms. The number of piperazine rings is 1. The Balaban J connectivity index is 1.29. The third-order valence-electron chi connectivity index (χ3n) is 6.29. The summed E-state index contributed by atoms with van der Waals surface area (Å²) in [7, 11) is 0. The normalized spacial score (nSPS) is 15.3. The lowest BCUT2D eigenvalue weighted by Crippen LogP contribution is -2.46. The van der Waals surface area contributed by atoms with Crippen LogP contribution in [0.4, 0.5) is 10.1 Å². The van der Waals surface area contributed by atoms with Gasteiger partial charge < -0.3 is 4.90 Å². The second-order valence-electron chi connectivity index (χ2n) is 8.73. The summed E-state index contributed by atoms with van der Waals surface area (Å²) in [6.45, 7) is 9.50. The van der Waals surface area contributed by atoms with Crippen LogP contribution in [-0.2, 0) is 13.2 Å². The molecule has 2 aromatic carbocycles. The van der Waals surface area contributed by atoms with Crippen molar-refractivity contribution in [3.63, 3.8) is 0 Å². The molecule has 0 spiro atoms. The van der Waals surface area contributed by atoms with E-state index >= 15 is 0 Å². The number of fused-ring (bicyclic) bond motifs is 1. The van der Waals surface area contributed by atoms with E-state index in [9.17, 15) is 9.18 Å². The summed E-state index contributed by atoms with van der Waals surface area (Å²) in [6.07, 6.45) is 2.07. The molecule has 1 aliphatic rings. The van der Waals surface area contributed by atoms with Crippen LogP contribution in [0, 0.1) is 0 Å². The molecule has 0 radical (unpaired) electrons. The summed E-state index contributed by atoms with van der Waals surface area (Å²) < 4.78 is 16.8. The van der Waals surface area contributed by atoms with E-state index in [-0.39, 0.29) is 11.7 Å². The van der Waals surface area contributed by atoms with Crippen LogP contribution in [0.1, 0.15) is 38.3 Å². The van der Waals surface area contributed by atoms with E-state index in [4.69, 9.17) is 0 Å². The molecular weight excluding hydrogens is 391 g/mol. The fraction of sp³-hybridized carbons (Fsp3) is 0.480. The number of aryl methyl sites for hydroxylation is 1. The van der Waals surface area contributed by atoms with Crippen LogP contribution >= 0.6 is 0 Å². The van der Waals surface area contributed by atoms with Gasteiger partial charge in [-0.2, -0.15) is 0 Å². The third kappa shape index (κ3) is 4.69. The Kier molecular flexibility index (Phi) is 6.76. The second kappa shape index (κ2) is 9.69. The Hall–Kier alpha value is -2.60. The molecule has 0 amide bonds. The fourth-order valence-electron chi connectivity index (χ4n) is 4.62. The number of para-hydroxylation sites is 2. The van der Waals surface area contributed by atoms with Crippen LogP contribution in [0.25, 0.3) is 11.0 Å². The number of hydrogen-bond acceptors (Lipinski definition) is 3. The Morgan fingerprint density at radius 3 is 2.32 bits per heavy atom. The van der Waals surface area contributed by atoms with Gasteiger partial charge in [-0.15, -0.1) is 0 Å². The van der Waals surface area contributed by atoms with Crippen molar-refractivity contribution in [2.75, 3.05) is 37.6 Å². The first-order valence-electron chi connectivity index (χ1n) is 11.4. The number of halogens is 1. The van der Waals surface area contributed by atoms with Crippen LogP contribution in [0.3, 0.4) is 0 Å². The minimum atomic E-state index is -0.410. The van der Waals surface area contributed by atoms with Crippen molar-refractivity contribution in [2.24, 2.45) is 0 Å². The number of unbranched alkanes of at least 4 members (excludes halogenated alkanes) is 1. The van der Waals surface area contributed by atoms with Gasteiger partial charge in [0.15, 0.2) is 0 Å². The van der Waals surface area contributed by atoms with Crippen LogP contribution in [-0.4, -0.2) is 46.8 Å². The van der Waals surface area contributed by atoms with E-state index in [0.29, 0.717) is 0 Å². The Morgan fingerprint density at radius 2 is 1.61 bits per heavy atom. The first-order chi connectivity index (χ1) is 15.1. The first kappa shape index (κ1) is 21.6. The molecule has 1 aromatic heterocycles. The number of imidazole rings is 1. The lowest BCUT2D eigenvalue weighted by molar-refractivity contribution is 0.251. The third-order valence-corrected chi connectivity index (χ3v) is 6.29. The Bertz CT molecular complexity index is 1060. The van der Waals surface area contributed by atoms with E-state index in [1.807, 2.05) is 51.6 Å². The van der Waals surface area contributed by atoms with E-state index in [2.05, 4.69) is 29.7 Å². The molecule has 1 fully saturated rings. The number of benzene rings is 2. The molecule has 6 heteroatoms. The van der Waals surface area contributed by atoms with E-state index in [1.165, 1.54) is 0 Å². The monoisotopic (exact) mass is 424 g/mol. The molecule has 5 nitrogen and oxygen atoms in total. The predicted octanol–water partition coefficient (Wildman–Crippen LogP) is 4.46. The van der Waals surface area contributed by atoms with Gasteiger partial charge in [-0.3, -0.25) is 14.0 Å². The topological polar surface area (TPSA) is 33.4 Å². The summed E-state index contributed by atoms with van der Waals surface area (Å²) in [6, 6.07) is 16.0. The fourth-order valence-corrected chi connectivity index (χ4v) is 4.62. The zero-order valence-corrected chi connectivity index (χ0v) is 18.6. The number of rotatable bonds is 8. The Morgan fingerprint density at radius 1 is 0.903 bits per heavy atom. The maximum Gasteiger partial charge on any atom is 0.329 e. The number of aromatic nitrogens is 2. The highest BCUT2D eigenvalue weighted by atomic mass is 19.1. The van der Waals surface area contributed by atoms with Gasteiger partial charge in [-0.25, -0.2) is 9.18 Å². The van der Waals surface area contributed by atoms with Crippen LogP contribution in [0.15, 0.2) is 53.3 Å². The van der Waals surface area contributed by atoms with E-state index in [0.717, 1.165) is 74.4 Å². The molecule has 2 heterocycles. The molecule has 1 aliphatic heterocycles. The van der Waals surface area contributed by atoms with E-state index in [1.54, 1.807) is 0 Å². The molecule has 0 bridgehead atoms. The number of hydrogen-bond donors (Lipinski definition) is 0. The molecule has 0 unspecified atom stereocenters. The standard InChI is InChI=1S/C25H33FN4O/c1-20(2)30-24-11-4-3-10-23(24)29(25(30)31)13-6-5-12-27-14-16-28(17-15-27)22-9-7-8-21(18-22)19-26/h3-4,7-11,18,20H,5-6,12-17,19H2,1-2H3. The average molecular weight is 425 g/mol. The molecule has 0 atom stereocenters. The van der Waals surface area contributed by atoms with Crippen molar-refractivity contribution in [2.45, 2.75) is 46.0 Å². The largest absolute Gasteiger partial charge is 0.369 e. The van der Waals surface area contributed by atoms with Gasteiger partial charge in [-0.05, 0) is 63.1 Å². The summed E-state index contributed by atoms with van der Waals surface area (Å²) in [4.78, 5) is 17.8. The summed E-state index contributed by atoms with van der Waals surface area (Å²) in [5.41, 5.74) is 4.02. The molecule has 0 N–H and O–H groups in total. The van der Waals surface area contributed by atoms with Crippen molar-refractivity contribution >= 4 is 16.7 Å². The molecule has 166 valence electrons. The number of alkyl halides is 1. The highest BCUT2D eigenvalue weighted by Crippen LogP contribution is 2.20. The summed E-state index contributed by atoms with van der Waals surface area (Å²) in [5.74, 6) is 0. The smallest absolute Gasteiger partial charge is 0.329 e. The van der Waals surface area contributed by atoms with Crippen molar-refractivity contribution in [3.8, 4) is 0 Å². The minimum absolute atomic E-state index is 0.0975. The van der Waals surface area contributed by atoms with Gasteiger partial charge in [-0.1, -0.05) is 24.3 Å². The molecule has 0 saturated carbocycles. The molecule has 1 saturated heterocycles. The van der Waals surface area contributed by atoms with Gasteiger partial charge in [0.2, 0.25) is 0 Å². The lowest BCUT2D eigenvalue weighted by atomic mass is 10.2. The van der Waals surface area contributed by atoms with Crippen LogP contribution < -0.4 is 10.6 Å². The SMILES string of the molecule is CC(C)n1c(=O)n(CCCCN2CCN(c3cccc(CF)c3)CC2)c2ccccc21. The first-order valence-corrected chi connectivity index (χ1v) is 11.4.